The van der Waals surface area contributed by atoms with Gasteiger partial charge in [-0.25, -0.2) is 9.78 Å². The number of aromatic nitrogens is 3. The second-order valence-corrected chi connectivity index (χ2v) is 6.19. The van der Waals surface area contributed by atoms with E-state index in [-0.39, 0.29) is 5.56 Å². The third kappa shape index (κ3) is 2.72. The summed E-state index contributed by atoms with van der Waals surface area (Å²) in [6.45, 7) is 0. The van der Waals surface area contributed by atoms with Gasteiger partial charge in [-0.05, 0) is 30.3 Å². The van der Waals surface area contributed by atoms with Crippen LogP contribution in [0.2, 0.25) is 0 Å². The summed E-state index contributed by atoms with van der Waals surface area (Å²) in [5.74, 6) is -0.419. The fourth-order valence-electron chi connectivity index (χ4n) is 2.47. The Morgan fingerprint density at radius 2 is 2.04 bits per heavy atom. The number of hydrogen-bond donors (Lipinski definition) is 1. The van der Waals surface area contributed by atoms with Crippen LogP contribution >= 0.6 is 11.3 Å². The van der Waals surface area contributed by atoms with Crippen molar-refractivity contribution in [3.8, 4) is 0 Å². The molecule has 0 atom stereocenters. The molecule has 25 heavy (non-hydrogen) atoms. The van der Waals surface area contributed by atoms with Crippen molar-refractivity contribution in [1.29, 1.82) is 0 Å². The molecule has 4 rings (SSSR count). The molecule has 0 saturated heterocycles. The van der Waals surface area contributed by atoms with Gasteiger partial charge in [0.25, 0.3) is 5.56 Å². The van der Waals surface area contributed by atoms with Crippen LogP contribution in [0.15, 0.2) is 53.3 Å². The van der Waals surface area contributed by atoms with Crippen LogP contribution < -0.4 is 10.9 Å². The molecule has 2 aromatic carbocycles. The highest BCUT2D eigenvalue weighted by Crippen LogP contribution is 2.23. The normalized spacial score (nSPS) is 10.9. The fourth-order valence-corrected chi connectivity index (χ4v) is 3.29. The number of benzene rings is 2. The van der Waals surface area contributed by atoms with E-state index < -0.39 is 5.97 Å². The molecule has 8 heteroatoms. The molecular weight excluding hydrogens is 340 g/mol. The lowest BCUT2D eigenvalue weighted by Crippen LogP contribution is -2.15. The van der Waals surface area contributed by atoms with Crippen LogP contribution in [0.1, 0.15) is 10.4 Å². The molecule has 0 aliphatic carbocycles. The number of esters is 1. The maximum atomic E-state index is 12.5. The van der Waals surface area contributed by atoms with Gasteiger partial charge in [-0.2, -0.15) is 4.52 Å². The fraction of sp³-hybridized carbons (Fsp3) is 0.0588. The van der Waals surface area contributed by atoms with Crippen LogP contribution in [-0.4, -0.2) is 27.7 Å². The van der Waals surface area contributed by atoms with Gasteiger partial charge >= 0.3 is 5.97 Å². The molecule has 2 aromatic heterocycles. The van der Waals surface area contributed by atoms with Gasteiger partial charge in [0.1, 0.15) is 0 Å². The van der Waals surface area contributed by atoms with Crippen LogP contribution in [-0.2, 0) is 4.74 Å². The van der Waals surface area contributed by atoms with Crippen molar-refractivity contribution in [3.63, 3.8) is 0 Å². The van der Waals surface area contributed by atoms with Crippen molar-refractivity contribution < 1.29 is 9.53 Å². The molecule has 0 unspecified atom stereocenters. The maximum absolute atomic E-state index is 12.5. The van der Waals surface area contributed by atoms with Gasteiger partial charge in [0.05, 0.1) is 23.6 Å². The van der Waals surface area contributed by atoms with E-state index in [0.717, 1.165) is 0 Å². The topological polar surface area (TPSA) is 85.6 Å². The van der Waals surface area contributed by atoms with Gasteiger partial charge in [0.15, 0.2) is 0 Å². The monoisotopic (exact) mass is 352 g/mol. The van der Waals surface area contributed by atoms with Gasteiger partial charge in [-0.1, -0.05) is 29.5 Å². The van der Waals surface area contributed by atoms with Crippen molar-refractivity contribution >= 4 is 44.0 Å². The zero-order valence-corrected chi connectivity index (χ0v) is 13.9. The van der Waals surface area contributed by atoms with E-state index in [0.29, 0.717) is 32.2 Å². The molecule has 0 bridgehead atoms. The number of para-hydroxylation sites is 1. The Hall–Kier alpha value is -3.26. The van der Waals surface area contributed by atoms with Crippen LogP contribution in [0.25, 0.3) is 15.9 Å². The Labute approximate surface area is 145 Å². The summed E-state index contributed by atoms with van der Waals surface area (Å²) in [4.78, 5) is 29.1. The zero-order valence-electron chi connectivity index (χ0n) is 13.1. The summed E-state index contributed by atoms with van der Waals surface area (Å²) in [6, 6.07) is 14.0. The lowest BCUT2D eigenvalue weighted by molar-refractivity contribution is 0.0601. The zero-order chi connectivity index (χ0) is 17.4. The highest BCUT2D eigenvalue weighted by Gasteiger charge is 2.11. The molecular formula is C17H12N4O3S. The van der Waals surface area contributed by atoms with E-state index in [1.54, 1.807) is 42.5 Å². The highest BCUT2D eigenvalue weighted by molar-refractivity contribution is 7.20. The van der Waals surface area contributed by atoms with Crippen LogP contribution in [0, 0.1) is 0 Å². The molecule has 7 nitrogen and oxygen atoms in total. The number of anilines is 2. The minimum atomic E-state index is -0.419. The van der Waals surface area contributed by atoms with Gasteiger partial charge in [-0.3, -0.25) is 4.79 Å². The first-order valence-corrected chi connectivity index (χ1v) is 8.21. The lowest BCUT2D eigenvalue weighted by atomic mass is 10.2. The second-order valence-electron chi connectivity index (χ2n) is 5.23. The van der Waals surface area contributed by atoms with Crippen LogP contribution in [0.4, 0.5) is 10.8 Å². The third-order valence-corrected chi connectivity index (χ3v) is 4.46. The molecule has 2 heterocycles. The number of carbonyl (C=O) groups excluding carboxylic acids is 1. The van der Waals surface area contributed by atoms with Crippen molar-refractivity contribution in [1.82, 2.24) is 14.6 Å². The van der Waals surface area contributed by atoms with Crippen LogP contribution in [0.5, 0.6) is 0 Å². The minimum Gasteiger partial charge on any atom is -0.465 e. The standard InChI is InChI=1S/C17H12N4O3S/c1-24-15(23)10-5-4-6-11(9-10)18-16-20-21-14(22)12-7-2-3-8-13(12)19-17(21)25-16/h2-9H,1H3,(H,18,20). The smallest absolute Gasteiger partial charge is 0.337 e. The number of nitrogens with one attached hydrogen (secondary N) is 1. The average molecular weight is 352 g/mol. The average Bonchev–Trinajstić information content (AvgIpc) is 3.04. The Kier molecular flexibility index (Phi) is 3.66. The van der Waals surface area contributed by atoms with E-state index >= 15 is 0 Å². The van der Waals surface area contributed by atoms with E-state index in [1.807, 2.05) is 6.07 Å². The molecule has 0 radical (unpaired) electrons. The third-order valence-electron chi connectivity index (χ3n) is 3.64. The molecule has 4 aromatic rings. The molecule has 0 aliphatic rings. The summed E-state index contributed by atoms with van der Waals surface area (Å²) in [5.41, 5.74) is 1.51. The number of hydrogen-bond acceptors (Lipinski definition) is 7. The molecule has 0 fully saturated rings. The van der Waals surface area contributed by atoms with Crippen molar-refractivity contribution in [2.24, 2.45) is 0 Å². The van der Waals surface area contributed by atoms with Crippen molar-refractivity contribution in [2.75, 3.05) is 12.4 Å². The summed E-state index contributed by atoms with van der Waals surface area (Å²) in [7, 11) is 1.33. The molecule has 0 aliphatic heterocycles. The summed E-state index contributed by atoms with van der Waals surface area (Å²) in [6.07, 6.45) is 0. The van der Waals surface area contributed by atoms with E-state index in [4.69, 9.17) is 4.74 Å². The summed E-state index contributed by atoms with van der Waals surface area (Å²) >= 11 is 1.25. The molecule has 0 amide bonds. The number of methoxy groups -OCH3 is 1. The quantitative estimate of drug-likeness (QED) is 0.571. The lowest BCUT2D eigenvalue weighted by Gasteiger charge is -2.04. The SMILES string of the molecule is COC(=O)c1cccc(Nc2nn3c(=O)c4ccccc4nc3s2)c1. The van der Waals surface area contributed by atoms with E-state index in [2.05, 4.69) is 15.4 Å². The number of carbonyl (C=O) groups is 1. The first kappa shape index (κ1) is 15.3. The molecule has 0 spiro atoms. The van der Waals surface area contributed by atoms with Gasteiger partial charge in [0, 0.05) is 5.69 Å². The predicted molar refractivity (Wildman–Crippen MR) is 95.7 cm³/mol. The van der Waals surface area contributed by atoms with Gasteiger partial charge in [-0.15, -0.1) is 5.10 Å². The van der Waals surface area contributed by atoms with Crippen LogP contribution in [0.3, 0.4) is 0 Å². The Bertz CT molecular complexity index is 1170. The summed E-state index contributed by atoms with van der Waals surface area (Å²) in [5, 5.41) is 8.40. The predicted octanol–water partition coefficient (Wildman–Crippen LogP) is 2.83. The van der Waals surface area contributed by atoms with E-state index in [9.17, 15) is 9.59 Å². The largest absolute Gasteiger partial charge is 0.465 e. The molecule has 0 saturated carbocycles. The number of fused-ring (bicyclic) bond motifs is 2. The molecule has 1 N–H and O–H groups in total. The van der Waals surface area contributed by atoms with Crippen molar-refractivity contribution in [3.05, 3.63) is 64.4 Å². The highest BCUT2D eigenvalue weighted by atomic mass is 32.1. The molecule has 124 valence electrons. The number of nitrogens with zero attached hydrogens (tertiary/aromatic N) is 3. The summed E-state index contributed by atoms with van der Waals surface area (Å²) < 4.78 is 5.99. The number of ether oxygens (including phenoxy) is 1. The van der Waals surface area contributed by atoms with Gasteiger partial charge in [0.2, 0.25) is 10.1 Å². The van der Waals surface area contributed by atoms with Crippen molar-refractivity contribution in [2.45, 2.75) is 0 Å². The van der Waals surface area contributed by atoms with E-state index in [1.165, 1.54) is 23.0 Å². The Morgan fingerprint density at radius 3 is 2.88 bits per heavy atom. The first-order chi connectivity index (χ1) is 12.2. The van der Waals surface area contributed by atoms with Gasteiger partial charge < -0.3 is 10.1 Å². The Balaban J connectivity index is 1.75. The second kappa shape index (κ2) is 5.99. The maximum Gasteiger partial charge on any atom is 0.337 e. The Morgan fingerprint density at radius 1 is 1.20 bits per heavy atom. The number of rotatable bonds is 3. The minimum absolute atomic E-state index is 0.215. The first-order valence-electron chi connectivity index (χ1n) is 7.40.